The van der Waals surface area contributed by atoms with Crippen molar-refractivity contribution < 1.29 is 38.2 Å². The molecule has 12 heteroatoms. The first-order valence-electron chi connectivity index (χ1n) is 25.4. The Hall–Kier alpha value is -2.89. The van der Waals surface area contributed by atoms with Crippen molar-refractivity contribution in [2.24, 2.45) is 11.8 Å². The molecular weight excluding hydrogens is 785 g/mol. The number of carbonyl (C=O) groups is 5. The maximum atomic E-state index is 12.7. The molecule has 0 aliphatic carbocycles. The van der Waals surface area contributed by atoms with Crippen LogP contribution in [-0.2, 0) is 33.4 Å². The third-order valence-electron chi connectivity index (χ3n) is 11.2. The summed E-state index contributed by atoms with van der Waals surface area (Å²) in [4.78, 5) is 64.4. The summed E-state index contributed by atoms with van der Waals surface area (Å²) < 4.78 is 16.7. The van der Waals surface area contributed by atoms with Crippen LogP contribution in [0.5, 0.6) is 0 Å². The van der Waals surface area contributed by atoms with Gasteiger partial charge >= 0.3 is 18.0 Å². The number of alkyl carbamates (subject to hydrolysis) is 1. The Morgan fingerprint density at radius 3 is 1.29 bits per heavy atom. The number of nitrogens with one attached hydrogen (secondary N) is 3. The Kier molecular flexibility index (Phi) is 39.0. The molecule has 0 aromatic carbocycles. The number of nitrogens with zero attached hydrogens (tertiary/aromatic N) is 1. The smallest absolute Gasteiger partial charge is 0.407 e. The minimum atomic E-state index is -0.607. The number of amides is 3. The number of esters is 2. The second-order valence-corrected chi connectivity index (χ2v) is 18.5. The monoisotopic (exact) mass is 881 g/mol. The summed E-state index contributed by atoms with van der Waals surface area (Å²) in [6.07, 6.45) is 25.8. The molecule has 0 fully saturated rings. The van der Waals surface area contributed by atoms with Gasteiger partial charge in [-0.25, -0.2) is 4.79 Å². The van der Waals surface area contributed by atoms with Crippen LogP contribution in [0.25, 0.3) is 0 Å². The van der Waals surface area contributed by atoms with Crippen molar-refractivity contribution in [2.45, 2.75) is 227 Å². The Bertz CT molecular complexity index is 1130. The summed E-state index contributed by atoms with van der Waals surface area (Å²) in [5.41, 5.74) is -0.607. The highest BCUT2D eigenvalue weighted by Crippen LogP contribution is 2.20. The van der Waals surface area contributed by atoms with Crippen LogP contribution in [-0.4, -0.2) is 92.8 Å². The van der Waals surface area contributed by atoms with Crippen LogP contribution < -0.4 is 16.0 Å². The number of hydrogen-bond donors (Lipinski definition) is 3. The van der Waals surface area contributed by atoms with Crippen LogP contribution in [0.2, 0.25) is 0 Å². The van der Waals surface area contributed by atoms with Gasteiger partial charge < -0.3 is 35.1 Å². The van der Waals surface area contributed by atoms with E-state index in [2.05, 4.69) is 43.6 Å². The van der Waals surface area contributed by atoms with Crippen molar-refractivity contribution in [3.63, 3.8) is 0 Å². The first-order chi connectivity index (χ1) is 29.8. The molecule has 0 radical (unpaired) electrons. The molecule has 0 heterocycles. The number of unbranched alkanes of at least 4 members (excludes halogenated alkanes) is 13. The molecule has 0 spiro atoms. The van der Waals surface area contributed by atoms with Crippen LogP contribution in [0, 0.1) is 11.8 Å². The van der Waals surface area contributed by atoms with E-state index >= 15 is 0 Å². The number of hydrogen-bond acceptors (Lipinski definition) is 9. The highest BCUT2D eigenvalue weighted by Gasteiger charge is 2.18. The van der Waals surface area contributed by atoms with E-state index in [1.807, 2.05) is 25.7 Å². The van der Waals surface area contributed by atoms with E-state index in [4.69, 9.17) is 14.2 Å². The van der Waals surface area contributed by atoms with Gasteiger partial charge in [0.05, 0.1) is 13.2 Å². The van der Waals surface area contributed by atoms with Gasteiger partial charge in [0, 0.05) is 65.0 Å². The van der Waals surface area contributed by atoms with E-state index in [1.165, 1.54) is 64.2 Å². The summed E-state index contributed by atoms with van der Waals surface area (Å²) in [6, 6.07) is 0. The molecule has 0 bridgehead atoms. The molecule has 0 saturated carbocycles. The molecule has 0 aromatic heterocycles. The fourth-order valence-corrected chi connectivity index (χ4v) is 7.33. The fraction of sp³-hybridized carbons (Fsp3) is 0.900. The summed E-state index contributed by atoms with van der Waals surface area (Å²) in [5.74, 6) is 0.576. The predicted molar refractivity (Wildman–Crippen MR) is 253 cm³/mol. The third-order valence-corrected chi connectivity index (χ3v) is 11.2. The number of rotatable bonds is 42. The highest BCUT2D eigenvalue weighted by atomic mass is 16.6. The minimum absolute atomic E-state index is 0.0574. The molecular formula is C50H96N4O8. The molecule has 2 unspecified atom stereocenters. The van der Waals surface area contributed by atoms with Gasteiger partial charge in [0.25, 0.3) is 0 Å². The molecule has 0 aliphatic heterocycles. The molecule has 2 atom stereocenters. The summed E-state index contributed by atoms with van der Waals surface area (Å²) in [7, 11) is 0. The Balaban J connectivity index is 4.50. The fourth-order valence-electron chi connectivity index (χ4n) is 7.33. The van der Waals surface area contributed by atoms with Crippen LogP contribution >= 0.6 is 0 Å². The summed E-state index contributed by atoms with van der Waals surface area (Å²) in [5, 5.41) is 8.76. The maximum Gasteiger partial charge on any atom is 0.407 e. The lowest BCUT2D eigenvalue weighted by molar-refractivity contribution is -0.146. The lowest BCUT2D eigenvalue weighted by atomic mass is 9.96. The molecule has 0 rings (SSSR count). The predicted octanol–water partition coefficient (Wildman–Crippen LogP) is 11.0. The van der Waals surface area contributed by atoms with E-state index in [9.17, 15) is 24.0 Å². The van der Waals surface area contributed by atoms with Crippen LogP contribution in [0.15, 0.2) is 0 Å². The van der Waals surface area contributed by atoms with Crippen molar-refractivity contribution in [1.82, 2.24) is 20.9 Å². The van der Waals surface area contributed by atoms with Gasteiger partial charge in [0.2, 0.25) is 11.8 Å². The Labute approximate surface area is 379 Å². The lowest BCUT2D eigenvalue weighted by Crippen LogP contribution is -2.40. The Morgan fingerprint density at radius 1 is 0.452 bits per heavy atom. The van der Waals surface area contributed by atoms with E-state index in [0.29, 0.717) is 77.2 Å². The van der Waals surface area contributed by atoms with Gasteiger partial charge in [-0.15, -0.1) is 0 Å². The van der Waals surface area contributed by atoms with Gasteiger partial charge in [-0.1, -0.05) is 124 Å². The quantitative estimate of drug-likeness (QED) is 0.0309. The van der Waals surface area contributed by atoms with Crippen molar-refractivity contribution >= 4 is 29.8 Å². The van der Waals surface area contributed by atoms with Crippen molar-refractivity contribution in [3.8, 4) is 0 Å². The highest BCUT2D eigenvalue weighted by molar-refractivity contribution is 5.76. The van der Waals surface area contributed by atoms with Crippen LogP contribution in [0.3, 0.4) is 0 Å². The SMILES string of the molecule is CCCCCCC(CCCC)COC(=O)CCCCCCNC(=O)CCN(CCNC(=O)OC(C)(C)C)CCC(=O)NCCCCCC(=O)OCC(CCCC)CCCCCC. The van der Waals surface area contributed by atoms with Gasteiger partial charge in [-0.3, -0.25) is 19.2 Å². The number of carbonyl (C=O) groups excluding carboxylic acids is 5. The molecule has 0 aliphatic rings. The topological polar surface area (TPSA) is 152 Å². The van der Waals surface area contributed by atoms with Crippen molar-refractivity contribution in [3.05, 3.63) is 0 Å². The Morgan fingerprint density at radius 2 is 0.855 bits per heavy atom. The van der Waals surface area contributed by atoms with Gasteiger partial charge in [-0.05, 0) is 84.0 Å². The van der Waals surface area contributed by atoms with E-state index in [0.717, 1.165) is 83.5 Å². The zero-order chi connectivity index (χ0) is 46.1. The zero-order valence-corrected chi connectivity index (χ0v) is 41.1. The normalized spacial score (nSPS) is 12.5. The standard InChI is InChI=1S/C50H96N4O8/c1-8-12-16-21-29-43(27-14-10-3)41-60-47(57)31-23-18-19-25-35-51-45(55)33-38-54(40-37-53-49(59)62-50(5,6)7)39-34-46(56)52-36-26-20-24-32-48(58)61-42-44(28-15-11-4)30-22-17-13-9-2/h43-44H,8-42H2,1-7H3,(H,51,55)(H,52,56)(H,53,59). The largest absolute Gasteiger partial charge is 0.465 e. The lowest BCUT2D eigenvalue weighted by Gasteiger charge is -2.23. The van der Waals surface area contributed by atoms with Gasteiger partial charge in [0.1, 0.15) is 5.60 Å². The molecule has 0 aromatic rings. The molecule has 3 amide bonds. The molecule has 0 saturated heterocycles. The van der Waals surface area contributed by atoms with Crippen LogP contribution in [0.4, 0.5) is 4.79 Å². The zero-order valence-electron chi connectivity index (χ0n) is 41.1. The molecule has 364 valence electrons. The average Bonchev–Trinajstić information content (AvgIpc) is 3.23. The van der Waals surface area contributed by atoms with Gasteiger partial charge in [-0.2, -0.15) is 0 Å². The first-order valence-corrected chi connectivity index (χ1v) is 25.4. The molecule has 12 nitrogen and oxygen atoms in total. The van der Waals surface area contributed by atoms with Crippen molar-refractivity contribution in [1.29, 1.82) is 0 Å². The second-order valence-electron chi connectivity index (χ2n) is 18.5. The van der Waals surface area contributed by atoms with Gasteiger partial charge in [0.15, 0.2) is 0 Å². The molecule has 62 heavy (non-hydrogen) atoms. The number of ether oxygens (including phenoxy) is 3. The summed E-state index contributed by atoms with van der Waals surface area (Å²) >= 11 is 0. The van der Waals surface area contributed by atoms with Crippen LogP contribution in [0.1, 0.15) is 222 Å². The van der Waals surface area contributed by atoms with E-state index in [-0.39, 0.29) is 36.6 Å². The summed E-state index contributed by atoms with van der Waals surface area (Å²) in [6.45, 7) is 18.1. The second kappa shape index (κ2) is 40.9. The maximum absolute atomic E-state index is 12.7. The van der Waals surface area contributed by atoms with E-state index < -0.39 is 11.7 Å². The average molecular weight is 881 g/mol. The van der Waals surface area contributed by atoms with Crippen molar-refractivity contribution in [2.75, 3.05) is 52.5 Å². The first kappa shape index (κ1) is 59.1. The minimum Gasteiger partial charge on any atom is -0.465 e. The molecule has 3 N–H and O–H groups in total. The third kappa shape index (κ3) is 39.9. The van der Waals surface area contributed by atoms with E-state index in [1.54, 1.807) is 0 Å².